The van der Waals surface area contributed by atoms with E-state index in [9.17, 15) is 4.79 Å². The molecule has 0 radical (unpaired) electrons. The van der Waals surface area contributed by atoms with E-state index in [0.717, 1.165) is 19.6 Å². The van der Waals surface area contributed by atoms with Crippen LogP contribution in [0, 0.1) is 0 Å². The average Bonchev–Trinajstić information content (AvgIpc) is 2.66. The third kappa shape index (κ3) is 6.04. The van der Waals surface area contributed by atoms with Gasteiger partial charge in [0.2, 0.25) is 0 Å². The minimum absolute atomic E-state index is 0.200. The van der Waals surface area contributed by atoms with Crippen LogP contribution < -0.4 is 9.80 Å². The lowest BCUT2D eigenvalue weighted by Crippen LogP contribution is -2.54. The first kappa shape index (κ1) is 23.7. The Kier molecular flexibility index (Phi) is 7.37. The van der Waals surface area contributed by atoms with E-state index in [-0.39, 0.29) is 24.3 Å². The normalized spacial score (nSPS) is 25.0. The summed E-state index contributed by atoms with van der Waals surface area (Å²) in [7, 11) is 1.74. The second kappa shape index (κ2) is 9.65. The van der Waals surface area contributed by atoms with Crippen LogP contribution in [0.2, 0.25) is 0 Å². The van der Waals surface area contributed by atoms with Crippen molar-refractivity contribution in [3.05, 3.63) is 23.8 Å². The highest BCUT2D eigenvalue weighted by Gasteiger charge is 2.31. The molecule has 7 nitrogen and oxygen atoms in total. The Balaban J connectivity index is 1.74. The summed E-state index contributed by atoms with van der Waals surface area (Å²) in [5.41, 5.74) is 3.09. The summed E-state index contributed by atoms with van der Waals surface area (Å²) < 4.78 is 17.0. The van der Waals surface area contributed by atoms with Gasteiger partial charge in [0.25, 0.3) is 0 Å². The molecule has 0 saturated carbocycles. The lowest BCUT2D eigenvalue weighted by Gasteiger charge is -2.42. The van der Waals surface area contributed by atoms with Gasteiger partial charge in [0.1, 0.15) is 5.60 Å². The standard InChI is InChI=1S/C24H39N3O4/c1-17-13-25(23(28)31-24(4,5)6)10-11-27(17)21-8-9-22(20(12-21)16-29-7)26-14-18(2)30-19(3)15-26/h8-9,12,17-19H,10-11,13-16H2,1-7H3/t17-,18-,19+/m1/s1. The van der Waals surface area contributed by atoms with Crippen LogP contribution in [-0.4, -0.2) is 74.7 Å². The zero-order valence-electron chi connectivity index (χ0n) is 20.2. The smallest absolute Gasteiger partial charge is 0.410 e. The number of carbonyl (C=O) groups is 1. The third-order valence-electron chi connectivity index (χ3n) is 5.73. The summed E-state index contributed by atoms with van der Waals surface area (Å²) in [6, 6.07) is 6.84. The molecule has 0 aliphatic carbocycles. The van der Waals surface area contributed by atoms with E-state index in [1.807, 2.05) is 25.7 Å². The summed E-state index contributed by atoms with van der Waals surface area (Å²) in [5, 5.41) is 0. The van der Waals surface area contributed by atoms with Crippen molar-refractivity contribution in [1.82, 2.24) is 4.90 Å². The molecule has 2 aliphatic rings. The van der Waals surface area contributed by atoms with Gasteiger partial charge in [0.05, 0.1) is 18.8 Å². The third-order valence-corrected chi connectivity index (χ3v) is 5.73. The lowest BCUT2D eigenvalue weighted by atomic mass is 10.1. The average molecular weight is 434 g/mol. The molecule has 0 aromatic heterocycles. The largest absolute Gasteiger partial charge is 0.444 e. The highest BCUT2D eigenvalue weighted by atomic mass is 16.6. The molecular formula is C24H39N3O4. The minimum Gasteiger partial charge on any atom is -0.444 e. The lowest BCUT2D eigenvalue weighted by molar-refractivity contribution is -0.00535. The van der Waals surface area contributed by atoms with Gasteiger partial charge in [-0.15, -0.1) is 0 Å². The summed E-state index contributed by atoms with van der Waals surface area (Å²) in [4.78, 5) is 19.1. The van der Waals surface area contributed by atoms with E-state index in [1.54, 1.807) is 7.11 Å². The molecule has 2 fully saturated rings. The molecule has 1 amide bonds. The molecule has 1 aromatic rings. The Hall–Kier alpha value is -1.99. The van der Waals surface area contributed by atoms with Gasteiger partial charge in [-0.3, -0.25) is 0 Å². The van der Waals surface area contributed by atoms with Crippen molar-refractivity contribution in [1.29, 1.82) is 0 Å². The molecule has 174 valence electrons. The van der Waals surface area contributed by atoms with Gasteiger partial charge in [-0.2, -0.15) is 0 Å². The fourth-order valence-corrected chi connectivity index (χ4v) is 4.54. The quantitative estimate of drug-likeness (QED) is 0.718. The molecule has 31 heavy (non-hydrogen) atoms. The predicted octanol–water partition coefficient (Wildman–Crippen LogP) is 3.89. The minimum atomic E-state index is -0.475. The Morgan fingerprint density at radius 1 is 1.10 bits per heavy atom. The number of rotatable bonds is 4. The summed E-state index contributed by atoms with van der Waals surface area (Å²) in [5.74, 6) is 0. The van der Waals surface area contributed by atoms with E-state index in [1.165, 1.54) is 16.9 Å². The van der Waals surface area contributed by atoms with Gasteiger partial charge >= 0.3 is 6.09 Å². The molecule has 1 aromatic carbocycles. The summed E-state index contributed by atoms with van der Waals surface area (Å²) >= 11 is 0. The molecule has 7 heteroatoms. The Labute approximate surface area is 187 Å². The summed E-state index contributed by atoms with van der Waals surface area (Å²) in [6.07, 6.45) is 0.185. The number of methoxy groups -OCH3 is 1. The van der Waals surface area contributed by atoms with Crippen molar-refractivity contribution in [3.63, 3.8) is 0 Å². The molecule has 2 saturated heterocycles. The van der Waals surface area contributed by atoms with Crippen LogP contribution in [0.25, 0.3) is 0 Å². The van der Waals surface area contributed by atoms with Gasteiger partial charge in [-0.25, -0.2) is 4.79 Å². The number of hydrogen-bond acceptors (Lipinski definition) is 6. The Morgan fingerprint density at radius 2 is 1.77 bits per heavy atom. The molecule has 3 rings (SSSR count). The van der Waals surface area contributed by atoms with Crippen LogP contribution in [0.15, 0.2) is 18.2 Å². The van der Waals surface area contributed by atoms with Crippen molar-refractivity contribution < 1.29 is 19.0 Å². The van der Waals surface area contributed by atoms with Gasteiger partial charge in [-0.1, -0.05) is 0 Å². The number of piperazine rings is 1. The van der Waals surface area contributed by atoms with Crippen molar-refractivity contribution >= 4 is 17.5 Å². The fraction of sp³-hybridized carbons (Fsp3) is 0.708. The van der Waals surface area contributed by atoms with Crippen LogP contribution >= 0.6 is 0 Å². The number of anilines is 2. The monoisotopic (exact) mass is 433 g/mol. The van der Waals surface area contributed by atoms with Gasteiger partial charge < -0.3 is 28.9 Å². The maximum Gasteiger partial charge on any atom is 0.410 e. The highest BCUT2D eigenvalue weighted by molar-refractivity contribution is 5.69. The van der Waals surface area contributed by atoms with Crippen molar-refractivity contribution in [2.24, 2.45) is 0 Å². The van der Waals surface area contributed by atoms with E-state index >= 15 is 0 Å². The van der Waals surface area contributed by atoms with Gasteiger partial charge in [0.15, 0.2) is 0 Å². The number of carbonyl (C=O) groups excluding carboxylic acids is 1. The van der Waals surface area contributed by atoms with Crippen LogP contribution in [0.1, 0.15) is 47.1 Å². The Bertz CT molecular complexity index is 754. The van der Waals surface area contributed by atoms with Crippen LogP contribution in [0.4, 0.5) is 16.2 Å². The number of benzene rings is 1. The van der Waals surface area contributed by atoms with Crippen molar-refractivity contribution in [3.8, 4) is 0 Å². The van der Waals surface area contributed by atoms with Crippen molar-refractivity contribution in [2.45, 2.75) is 72.0 Å². The molecule has 3 atom stereocenters. The predicted molar refractivity (Wildman–Crippen MR) is 124 cm³/mol. The number of hydrogen-bond donors (Lipinski definition) is 0. The number of ether oxygens (including phenoxy) is 3. The molecule has 2 aliphatic heterocycles. The number of amides is 1. The molecule has 0 bridgehead atoms. The first-order valence-corrected chi connectivity index (χ1v) is 11.3. The number of morpholine rings is 1. The zero-order valence-corrected chi connectivity index (χ0v) is 20.2. The molecule has 2 heterocycles. The topological polar surface area (TPSA) is 54.5 Å². The fourth-order valence-electron chi connectivity index (χ4n) is 4.54. The van der Waals surface area contributed by atoms with E-state index < -0.39 is 5.60 Å². The molecular weight excluding hydrogens is 394 g/mol. The first-order valence-electron chi connectivity index (χ1n) is 11.3. The van der Waals surface area contributed by atoms with Gasteiger partial charge in [-0.05, 0) is 59.7 Å². The molecule has 0 unspecified atom stereocenters. The zero-order chi connectivity index (χ0) is 22.8. The maximum atomic E-state index is 12.5. The van der Waals surface area contributed by atoms with E-state index in [0.29, 0.717) is 19.7 Å². The SMILES string of the molecule is COCc1cc(N2CCN(C(=O)OC(C)(C)C)C[C@H]2C)ccc1N1C[C@@H](C)O[C@@H](C)C1. The maximum absolute atomic E-state index is 12.5. The highest BCUT2D eigenvalue weighted by Crippen LogP contribution is 2.31. The molecule has 0 spiro atoms. The van der Waals surface area contributed by atoms with Crippen LogP contribution in [0.5, 0.6) is 0 Å². The molecule has 0 N–H and O–H groups in total. The van der Waals surface area contributed by atoms with E-state index in [2.05, 4.69) is 48.8 Å². The first-order chi connectivity index (χ1) is 14.6. The summed E-state index contributed by atoms with van der Waals surface area (Å²) in [6.45, 7) is 16.5. The Morgan fingerprint density at radius 3 is 2.35 bits per heavy atom. The van der Waals surface area contributed by atoms with Gasteiger partial charge in [0, 0.05) is 62.8 Å². The van der Waals surface area contributed by atoms with Crippen LogP contribution in [-0.2, 0) is 20.8 Å². The van der Waals surface area contributed by atoms with Crippen LogP contribution in [0.3, 0.4) is 0 Å². The second-order valence-electron chi connectivity index (χ2n) is 9.88. The second-order valence-corrected chi connectivity index (χ2v) is 9.88. The van der Waals surface area contributed by atoms with E-state index in [4.69, 9.17) is 14.2 Å². The number of nitrogens with zero attached hydrogens (tertiary/aromatic N) is 3. The van der Waals surface area contributed by atoms with Crippen molar-refractivity contribution in [2.75, 3.05) is 49.6 Å².